The largest absolute Gasteiger partial charge is 0.329 e. The summed E-state index contributed by atoms with van der Waals surface area (Å²) in [7, 11) is 0. The number of pyridine rings is 1. The summed E-state index contributed by atoms with van der Waals surface area (Å²) in [5.74, 6) is 1.03. The van der Waals surface area contributed by atoms with Crippen LogP contribution >= 0.6 is 0 Å². The first-order valence-corrected chi connectivity index (χ1v) is 5.39. The Bertz CT molecular complexity index is 564. The second kappa shape index (κ2) is 3.81. The number of benzene rings is 1. The number of anilines is 1. The van der Waals surface area contributed by atoms with Crippen molar-refractivity contribution in [1.29, 1.82) is 0 Å². The van der Waals surface area contributed by atoms with Crippen molar-refractivity contribution in [2.75, 3.05) is 11.4 Å². The Morgan fingerprint density at radius 2 is 2.00 bits per heavy atom. The standard InChI is InChI=1S/C14H12N2/c1-4-10-16(11-5-1)14-13-7-3-2-6-12(13)8-9-15-14/h1-10H,11H2. The molecule has 0 N–H and O–H groups in total. The van der Waals surface area contributed by atoms with E-state index < -0.39 is 0 Å². The molecular formula is C14H12N2. The van der Waals surface area contributed by atoms with Crippen molar-refractivity contribution in [2.45, 2.75) is 0 Å². The number of hydrogen-bond donors (Lipinski definition) is 0. The zero-order chi connectivity index (χ0) is 10.8. The lowest BCUT2D eigenvalue weighted by Gasteiger charge is -2.20. The zero-order valence-corrected chi connectivity index (χ0v) is 8.88. The van der Waals surface area contributed by atoms with Gasteiger partial charge in [-0.25, -0.2) is 4.98 Å². The zero-order valence-electron chi connectivity index (χ0n) is 8.88. The van der Waals surface area contributed by atoms with Gasteiger partial charge in [-0.3, -0.25) is 0 Å². The van der Waals surface area contributed by atoms with Crippen LogP contribution in [0, 0.1) is 0 Å². The molecule has 0 aliphatic carbocycles. The molecule has 2 heterocycles. The van der Waals surface area contributed by atoms with Gasteiger partial charge < -0.3 is 4.90 Å². The molecule has 0 fully saturated rings. The van der Waals surface area contributed by atoms with Gasteiger partial charge in [-0.2, -0.15) is 0 Å². The Labute approximate surface area is 94.5 Å². The molecule has 0 amide bonds. The summed E-state index contributed by atoms with van der Waals surface area (Å²) < 4.78 is 0. The molecule has 0 saturated carbocycles. The van der Waals surface area contributed by atoms with Gasteiger partial charge in [-0.15, -0.1) is 0 Å². The maximum Gasteiger partial charge on any atom is 0.140 e. The lowest BCUT2D eigenvalue weighted by atomic mass is 10.1. The Morgan fingerprint density at radius 3 is 2.88 bits per heavy atom. The Hall–Kier alpha value is -2.09. The monoisotopic (exact) mass is 208 g/mol. The fourth-order valence-corrected chi connectivity index (χ4v) is 1.96. The highest BCUT2D eigenvalue weighted by atomic mass is 15.2. The smallest absolute Gasteiger partial charge is 0.140 e. The lowest BCUT2D eigenvalue weighted by Crippen LogP contribution is -2.18. The first kappa shape index (κ1) is 9.16. The summed E-state index contributed by atoms with van der Waals surface area (Å²) in [5.41, 5.74) is 0. The van der Waals surface area contributed by atoms with Crippen molar-refractivity contribution < 1.29 is 0 Å². The van der Waals surface area contributed by atoms with Crippen LogP contribution in [0.25, 0.3) is 10.8 Å². The lowest BCUT2D eigenvalue weighted by molar-refractivity contribution is 1.04. The number of nitrogens with zero attached hydrogens (tertiary/aromatic N) is 2. The molecule has 1 aliphatic rings. The van der Waals surface area contributed by atoms with Gasteiger partial charge >= 0.3 is 0 Å². The first-order chi connectivity index (χ1) is 7.95. The average molecular weight is 208 g/mol. The van der Waals surface area contributed by atoms with E-state index in [1.165, 1.54) is 10.8 Å². The summed E-state index contributed by atoms with van der Waals surface area (Å²) >= 11 is 0. The van der Waals surface area contributed by atoms with Gasteiger partial charge in [0.05, 0.1) is 0 Å². The second-order valence-corrected chi connectivity index (χ2v) is 3.78. The predicted molar refractivity (Wildman–Crippen MR) is 67.4 cm³/mol. The highest BCUT2D eigenvalue weighted by molar-refractivity contribution is 5.92. The van der Waals surface area contributed by atoms with E-state index in [1.54, 1.807) is 0 Å². The fourth-order valence-electron chi connectivity index (χ4n) is 1.96. The number of rotatable bonds is 1. The van der Waals surface area contributed by atoms with E-state index in [4.69, 9.17) is 0 Å². The topological polar surface area (TPSA) is 16.1 Å². The minimum Gasteiger partial charge on any atom is -0.329 e. The van der Waals surface area contributed by atoms with E-state index in [-0.39, 0.29) is 0 Å². The molecule has 0 spiro atoms. The summed E-state index contributed by atoms with van der Waals surface area (Å²) in [6.45, 7) is 0.886. The van der Waals surface area contributed by atoms with Crippen LogP contribution in [0.4, 0.5) is 5.82 Å². The maximum absolute atomic E-state index is 4.47. The normalized spacial score (nSPS) is 14.6. The van der Waals surface area contributed by atoms with Crippen LogP contribution in [-0.2, 0) is 0 Å². The Morgan fingerprint density at radius 1 is 1.06 bits per heavy atom. The SMILES string of the molecule is C1=CCN(c2nccc3ccccc23)C=C1. The van der Waals surface area contributed by atoms with Crippen molar-refractivity contribution in [3.05, 3.63) is 61.0 Å². The Balaban J connectivity index is 2.16. The second-order valence-electron chi connectivity index (χ2n) is 3.78. The summed E-state index contributed by atoms with van der Waals surface area (Å²) in [6.07, 6.45) is 10.1. The van der Waals surface area contributed by atoms with Gasteiger partial charge in [0.15, 0.2) is 0 Å². The molecule has 0 bridgehead atoms. The number of allylic oxidation sites excluding steroid dienone is 2. The van der Waals surface area contributed by atoms with Crippen LogP contribution in [0.3, 0.4) is 0 Å². The van der Waals surface area contributed by atoms with Gasteiger partial charge in [0.1, 0.15) is 5.82 Å². The van der Waals surface area contributed by atoms with Crippen LogP contribution in [-0.4, -0.2) is 11.5 Å². The van der Waals surface area contributed by atoms with Crippen molar-refractivity contribution in [3.63, 3.8) is 0 Å². The predicted octanol–water partition coefficient (Wildman–Crippen LogP) is 3.12. The van der Waals surface area contributed by atoms with Crippen molar-refractivity contribution >= 4 is 16.6 Å². The van der Waals surface area contributed by atoms with E-state index in [0.717, 1.165) is 12.4 Å². The third kappa shape index (κ3) is 1.48. The minimum absolute atomic E-state index is 0.886. The summed E-state index contributed by atoms with van der Waals surface area (Å²) in [5, 5.41) is 2.43. The van der Waals surface area contributed by atoms with Crippen molar-refractivity contribution in [2.24, 2.45) is 0 Å². The van der Waals surface area contributed by atoms with E-state index in [9.17, 15) is 0 Å². The van der Waals surface area contributed by atoms with Crippen LogP contribution in [0.15, 0.2) is 61.0 Å². The van der Waals surface area contributed by atoms with Crippen LogP contribution in [0.5, 0.6) is 0 Å². The molecule has 1 aromatic carbocycles. The quantitative estimate of drug-likeness (QED) is 0.715. The Kier molecular flexibility index (Phi) is 2.18. The number of aromatic nitrogens is 1. The van der Waals surface area contributed by atoms with E-state index in [2.05, 4.69) is 52.5 Å². The summed E-state index contributed by atoms with van der Waals surface area (Å²) in [4.78, 5) is 6.63. The highest BCUT2D eigenvalue weighted by Crippen LogP contribution is 2.24. The van der Waals surface area contributed by atoms with E-state index in [0.29, 0.717) is 0 Å². The van der Waals surface area contributed by atoms with Crippen LogP contribution in [0.2, 0.25) is 0 Å². The van der Waals surface area contributed by atoms with Crippen LogP contribution < -0.4 is 4.90 Å². The molecule has 0 saturated heterocycles. The van der Waals surface area contributed by atoms with Gasteiger partial charge in [0, 0.05) is 24.3 Å². The third-order valence-corrected chi connectivity index (χ3v) is 2.74. The molecule has 2 heteroatoms. The van der Waals surface area contributed by atoms with E-state index >= 15 is 0 Å². The van der Waals surface area contributed by atoms with Gasteiger partial charge in [-0.05, 0) is 17.5 Å². The van der Waals surface area contributed by atoms with E-state index in [1.807, 2.05) is 18.3 Å². The molecule has 0 atom stereocenters. The molecule has 2 aromatic rings. The van der Waals surface area contributed by atoms with Crippen molar-refractivity contribution in [1.82, 2.24) is 4.98 Å². The average Bonchev–Trinajstić information content (AvgIpc) is 2.39. The molecule has 16 heavy (non-hydrogen) atoms. The number of fused-ring (bicyclic) bond motifs is 1. The summed E-state index contributed by atoms with van der Waals surface area (Å²) in [6, 6.07) is 10.4. The van der Waals surface area contributed by atoms with Gasteiger partial charge in [0.25, 0.3) is 0 Å². The molecular weight excluding hydrogens is 196 g/mol. The van der Waals surface area contributed by atoms with Gasteiger partial charge in [0.2, 0.25) is 0 Å². The minimum atomic E-state index is 0.886. The molecule has 2 nitrogen and oxygen atoms in total. The first-order valence-electron chi connectivity index (χ1n) is 5.39. The molecule has 3 rings (SSSR count). The molecule has 0 radical (unpaired) electrons. The van der Waals surface area contributed by atoms with Crippen molar-refractivity contribution in [3.8, 4) is 0 Å². The number of hydrogen-bond acceptors (Lipinski definition) is 2. The molecule has 78 valence electrons. The van der Waals surface area contributed by atoms with Gasteiger partial charge in [-0.1, -0.05) is 36.4 Å². The molecule has 0 unspecified atom stereocenters. The molecule has 1 aromatic heterocycles. The maximum atomic E-state index is 4.47. The third-order valence-electron chi connectivity index (χ3n) is 2.74. The fraction of sp³-hybridized carbons (Fsp3) is 0.0714. The molecule has 1 aliphatic heterocycles. The highest BCUT2D eigenvalue weighted by Gasteiger charge is 2.08. The van der Waals surface area contributed by atoms with Crippen LogP contribution in [0.1, 0.15) is 0 Å².